The quantitative estimate of drug-likeness (QED) is 0.638. The van der Waals surface area contributed by atoms with Gasteiger partial charge in [-0.05, 0) is 41.6 Å². The molecule has 0 aromatic heterocycles. The third-order valence-corrected chi connectivity index (χ3v) is 4.87. The lowest BCUT2D eigenvalue weighted by molar-refractivity contribution is -0.144. The van der Waals surface area contributed by atoms with Gasteiger partial charge in [-0.1, -0.05) is 36.4 Å². The first-order chi connectivity index (χ1) is 9.79. The van der Waals surface area contributed by atoms with Gasteiger partial charge in [0.25, 0.3) is 0 Å². The van der Waals surface area contributed by atoms with Crippen LogP contribution in [0.4, 0.5) is 0 Å². The molecule has 3 nitrogen and oxygen atoms in total. The van der Waals surface area contributed by atoms with Gasteiger partial charge in [-0.25, -0.2) is 4.31 Å². The Labute approximate surface area is 123 Å². The monoisotopic (exact) mass is 287 g/mol. The molecular weight excluding hydrogens is 270 g/mol. The molecule has 0 saturated carbocycles. The first kappa shape index (κ1) is 13.5. The van der Waals surface area contributed by atoms with Crippen LogP contribution in [0.15, 0.2) is 47.4 Å². The average Bonchev–Trinajstić information content (AvgIpc) is 2.95. The number of nitrogens with zero attached hydrogens (tertiary/aromatic N) is 1. The van der Waals surface area contributed by atoms with Gasteiger partial charge in [-0.3, -0.25) is 4.79 Å². The molecule has 0 spiro atoms. The van der Waals surface area contributed by atoms with Crippen molar-refractivity contribution in [2.24, 2.45) is 0 Å². The number of hydrogen-bond donors (Lipinski definition) is 0. The molecule has 0 amide bonds. The maximum absolute atomic E-state index is 11.8. The number of ether oxygens (including phenoxy) is 1. The molecule has 3 rings (SSSR count). The summed E-state index contributed by atoms with van der Waals surface area (Å²) in [5.74, 6) is -0.129. The Hall–Kier alpha value is -1.52. The van der Waals surface area contributed by atoms with Crippen molar-refractivity contribution in [1.82, 2.24) is 4.31 Å². The van der Waals surface area contributed by atoms with Crippen LogP contribution in [-0.2, 0) is 9.53 Å². The fourth-order valence-corrected chi connectivity index (χ4v) is 3.84. The Balaban J connectivity index is 1.87. The number of carbonyl (C=O) groups excluding carboxylic acids is 1. The molecule has 1 heterocycles. The molecule has 1 aliphatic rings. The van der Waals surface area contributed by atoms with E-state index in [4.69, 9.17) is 4.74 Å². The Morgan fingerprint density at radius 1 is 1.25 bits per heavy atom. The molecule has 104 valence electrons. The molecule has 1 unspecified atom stereocenters. The second-order valence-electron chi connectivity index (χ2n) is 4.89. The Kier molecular flexibility index (Phi) is 3.94. The van der Waals surface area contributed by atoms with E-state index in [0.29, 0.717) is 0 Å². The molecule has 4 heteroatoms. The second-order valence-corrected chi connectivity index (χ2v) is 5.98. The third kappa shape index (κ3) is 2.53. The minimum atomic E-state index is -0.129. The smallest absolute Gasteiger partial charge is 0.323 e. The SMILES string of the molecule is COC(=O)C1CCCN1Sc1cccc2ccccc12. The molecule has 1 fully saturated rings. The minimum absolute atomic E-state index is 0.121. The van der Waals surface area contributed by atoms with Crippen LogP contribution < -0.4 is 0 Å². The molecule has 0 radical (unpaired) electrons. The molecule has 0 bridgehead atoms. The molecule has 1 saturated heterocycles. The zero-order valence-electron chi connectivity index (χ0n) is 11.4. The van der Waals surface area contributed by atoms with E-state index in [1.54, 1.807) is 11.9 Å². The number of carbonyl (C=O) groups is 1. The van der Waals surface area contributed by atoms with E-state index in [1.165, 1.54) is 22.8 Å². The predicted molar refractivity (Wildman–Crippen MR) is 81.5 cm³/mol. The molecule has 20 heavy (non-hydrogen) atoms. The molecular formula is C16H17NO2S. The van der Waals surface area contributed by atoms with Gasteiger partial charge in [-0.15, -0.1) is 0 Å². The van der Waals surface area contributed by atoms with Crippen molar-refractivity contribution in [2.75, 3.05) is 13.7 Å². The van der Waals surface area contributed by atoms with Gasteiger partial charge < -0.3 is 4.74 Å². The molecule has 2 aromatic rings. The van der Waals surface area contributed by atoms with Crippen molar-refractivity contribution >= 4 is 28.7 Å². The molecule has 0 N–H and O–H groups in total. The summed E-state index contributed by atoms with van der Waals surface area (Å²) in [6.07, 6.45) is 1.92. The maximum Gasteiger partial charge on any atom is 0.323 e. The van der Waals surface area contributed by atoms with Crippen LogP contribution in [0.1, 0.15) is 12.8 Å². The number of rotatable bonds is 3. The van der Waals surface area contributed by atoms with Gasteiger partial charge in [0.05, 0.1) is 7.11 Å². The van der Waals surface area contributed by atoms with Crippen molar-refractivity contribution in [2.45, 2.75) is 23.8 Å². The van der Waals surface area contributed by atoms with Crippen LogP contribution in [0.3, 0.4) is 0 Å². The number of benzene rings is 2. The Morgan fingerprint density at radius 2 is 2.05 bits per heavy atom. The molecule has 1 atom stereocenters. The zero-order valence-corrected chi connectivity index (χ0v) is 12.2. The largest absolute Gasteiger partial charge is 0.468 e. The van der Waals surface area contributed by atoms with Gasteiger partial charge in [0, 0.05) is 11.4 Å². The molecule has 0 aliphatic carbocycles. The summed E-state index contributed by atoms with van der Waals surface area (Å²) in [4.78, 5) is 13.0. The van der Waals surface area contributed by atoms with E-state index in [1.807, 2.05) is 12.1 Å². The van der Waals surface area contributed by atoms with Crippen LogP contribution in [0.5, 0.6) is 0 Å². The van der Waals surface area contributed by atoms with Crippen LogP contribution in [0.2, 0.25) is 0 Å². The van der Waals surface area contributed by atoms with E-state index in [-0.39, 0.29) is 12.0 Å². The fraction of sp³-hybridized carbons (Fsp3) is 0.312. The summed E-state index contributed by atoms with van der Waals surface area (Å²) in [5.41, 5.74) is 0. The Bertz CT molecular complexity index is 623. The van der Waals surface area contributed by atoms with Crippen molar-refractivity contribution < 1.29 is 9.53 Å². The topological polar surface area (TPSA) is 29.5 Å². The molecule has 1 aliphatic heterocycles. The van der Waals surface area contributed by atoms with E-state index in [2.05, 4.69) is 34.6 Å². The second kappa shape index (κ2) is 5.85. The number of esters is 1. The van der Waals surface area contributed by atoms with Crippen molar-refractivity contribution in [3.05, 3.63) is 42.5 Å². The van der Waals surface area contributed by atoms with E-state index in [0.717, 1.165) is 19.4 Å². The summed E-state index contributed by atoms with van der Waals surface area (Å²) in [5, 5.41) is 2.46. The van der Waals surface area contributed by atoms with Crippen LogP contribution in [-0.4, -0.2) is 30.0 Å². The number of hydrogen-bond acceptors (Lipinski definition) is 4. The number of methoxy groups -OCH3 is 1. The third-order valence-electron chi connectivity index (χ3n) is 3.64. The summed E-state index contributed by atoms with van der Waals surface area (Å²) in [7, 11) is 1.46. The summed E-state index contributed by atoms with van der Waals surface area (Å²) in [6.45, 7) is 0.924. The highest BCUT2D eigenvalue weighted by Crippen LogP contribution is 2.35. The number of fused-ring (bicyclic) bond motifs is 1. The van der Waals surface area contributed by atoms with Gasteiger partial charge in [0.15, 0.2) is 0 Å². The molecule has 2 aromatic carbocycles. The highest BCUT2D eigenvalue weighted by molar-refractivity contribution is 7.97. The van der Waals surface area contributed by atoms with E-state index >= 15 is 0 Å². The van der Waals surface area contributed by atoms with Crippen LogP contribution >= 0.6 is 11.9 Å². The average molecular weight is 287 g/mol. The van der Waals surface area contributed by atoms with Crippen LogP contribution in [0, 0.1) is 0 Å². The first-order valence-electron chi connectivity index (χ1n) is 6.80. The van der Waals surface area contributed by atoms with E-state index < -0.39 is 0 Å². The van der Waals surface area contributed by atoms with Crippen molar-refractivity contribution in [1.29, 1.82) is 0 Å². The van der Waals surface area contributed by atoms with Gasteiger partial charge >= 0.3 is 5.97 Å². The lowest BCUT2D eigenvalue weighted by atomic mass is 10.1. The van der Waals surface area contributed by atoms with Gasteiger partial charge in [0.2, 0.25) is 0 Å². The zero-order chi connectivity index (χ0) is 13.9. The summed E-state index contributed by atoms with van der Waals surface area (Å²) in [6, 6.07) is 14.5. The lowest BCUT2D eigenvalue weighted by Gasteiger charge is -2.21. The standard InChI is InChI=1S/C16H17NO2S/c1-19-16(18)14-9-5-11-17(14)20-15-10-4-7-12-6-2-3-8-13(12)15/h2-4,6-8,10,14H,5,9,11H2,1H3. The van der Waals surface area contributed by atoms with Crippen LogP contribution in [0.25, 0.3) is 10.8 Å². The maximum atomic E-state index is 11.8. The van der Waals surface area contributed by atoms with Gasteiger partial charge in [-0.2, -0.15) is 0 Å². The highest BCUT2D eigenvalue weighted by Gasteiger charge is 2.32. The Morgan fingerprint density at radius 3 is 2.90 bits per heavy atom. The van der Waals surface area contributed by atoms with E-state index in [9.17, 15) is 4.79 Å². The minimum Gasteiger partial charge on any atom is -0.468 e. The normalized spacial score (nSPS) is 19.4. The highest BCUT2D eigenvalue weighted by atomic mass is 32.2. The lowest BCUT2D eigenvalue weighted by Crippen LogP contribution is -2.31. The first-order valence-corrected chi connectivity index (χ1v) is 7.57. The van der Waals surface area contributed by atoms with Crippen molar-refractivity contribution in [3.8, 4) is 0 Å². The summed E-state index contributed by atoms with van der Waals surface area (Å²) < 4.78 is 7.04. The fourth-order valence-electron chi connectivity index (χ4n) is 2.62. The van der Waals surface area contributed by atoms with Crippen molar-refractivity contribution in [3.63, 3.8) is 0 Å². The predicted octanol–water partition coefficient (Wildman–Crippen LogP) is 3.48. The summed E-state index contributed by atoms with van der Waals surface area (Å²) >= 11 is 1.66. The van der Waals surface area contributed by atoms with Gasteiger partial charge in [0.1, 0.15) is 6.04 Å².